The monoisotopic (exact) mass is 808 g/mol. The van der Waals surface area contributed by atoms with Crippen LogP contribution in [0.1, 0.15) is 6.42 Å². The minimum absolute atomic E-state index is 0.0208. The molecule has 0 N–H and O–H groups in total. The summed E-state index contributed by atoms with van der Waals surface area (Å²) in [5.41, 5.74) is 0. The van der Waals surface area contributed by atoms with Crippen molar-refractivity contribution in [2.45, 2.75) is 60.2 Å². The zero-order chi connectivity index (χ0) is 26.6. The summed E-state index contributed by atoms with van der Waals surface area (Å²) in [6.45, 7) is 5.79. The summed E-state index contributed by atoms with van der Waals surface area (Å²) in [5, 5.41) is 0. The molecule has 0 aromatic rings. The summed E-state index contributed by atoms with van der Waals surface area (Å²) < 4.78 is -16.1. The van der Waals surface area contributed by atoms with Gasteiger partial charge in [-0.15, -0.1) is 0 Å². The summed E-state index contributed by atoms with van der Waals surface area (Å²) in [6.07, 6.45) is -0.188. The average molecular weight is 816 g/mol. The molecule has 0 saturated carbocycles. The van der Waals surface area contributed by atoms with Gasteiger partial charge in [-0.3, -0.25) is 0 Å². The van der Waals surface area contributed by atoms with Crippen LogP contribution >= 0.6 is 197 Å². The van der Waals surface area contributed by atoms with Crippen LogP contribution in [0.4, 0.5) is 0 Å². The standard InChI is InChI=1S/C13H13Cl17OSi/c1-32(2,3)31-5-4-6(14,15)7(16,17)8(18,19)9(20,21)10(22,23)11(24,25)12(26,27)13(28,29)30/h4-5H2,1-3H3. The third-order valence-corrected chi connectivity index (χ3v) is 16.4. The second-order valence-electron chi connectivity index (χ2n) is 7.36. The highest BCUT2D eigenvalue weighted by atomic mass is 35.6. The van der Waals surface area contributed by atoms with Gasteiger partial charge in [-0.05, 0) is 19.6 Å². The van der Waals surface area contributed by atoms with Crippen LogP contribution < -0.4 is 0 Å². The first-order valence-electron chi connectivity index (χ1n) is 7.81. The topological polar surface area (TPSA) is 9.23 Å². The normalized spacial score (nSPS) is 16.5. The summed E-state index contributed by atoms with van der Waals surface area (Å²) in [7, 11) is -1.96. The Balaban J connectivity index is 6.41. The van der Waals surface area contributed by atoms with Crippen molar-refractivity contribution in [2.24, 2.45) is 0 Å². The number of halogens is 17. The van der Waals surface area contributed by atoms with Crippen molar-refractivity contribution >= 4 is 206 Å². The lowest BCUT2D eigenvalue weighted by atomic mass is 10.0. The maximum atomic E-state index is 6.39. The van der Waals surface area contributed by atoms with Crippen molar-refractivity contribution in [1.29, 1.82) is 0 Å². The van der Waals surface area contributed by atoms with Crippen LogP contribution in [-0.2, 0) is 4.43 Å². The SMILES string of the molecule is C[Si](C)(C)OCCC(Cl)(Cl)C(Cl)(Cl)C(Cl)(Cl)C(Cl)(Cl)C(Cl)(Cl)C(Cl)(Cl)C(Cl)(Cl)C(Cl)(Cl)Cl. The molecule has 0 atom stereocenters. The third-order valence-electron chi connectivity index (χ3n) is 3.74. The van der Waals surface area contributed by atoms with Crippen molar-refractivity contribution in [1.82, 2.24) is 0 Å². The fraction of sp³-hybridized carbons (Fsp3) is 1.00. The summed E-state index contributed by atoms with van der Waals surface area (Å²) in [6, 6.07) is 0. The highest BCUT2D eigenvalue weighted by Gasteiger charge is 2.81. The van der Waals surface area contributed by atoms with Crippen LogP contribution in [0.15, 0.2) is 0 Å². The van der Waals surface area contributed by atoms with Crippen LogP contribution in [0.5, 0.6) is 0 Å². The quantitative estimate of drug-likeness (QED) is 0.158. The molecule has 0 aromatic heterocycles. The van der Waals surface area contributed by atoms with Gasteiger partial charge in [-0.2, -0.15) is 0 Å². The van der Waals surface area contributed by atoms with E-state index in [1.165, 1.54) is 0 Å². The van der Waals surface area contributed by atoms with E-state index < -0.39 is 42.4 Å². The molecule has 0 heterocycles. The Morgan fingerprint density at radius 2 is 0.750 bits per heavy atom. The lowest BCUT2D eigenvalue weighted by Gasteiger charge is -2.54. The first kappa shape index (κ1) is 37.1. The van der Waals surface area contributed by atoms with E-state index in [2.05, 4.69) is 0 Å². The molecule has 0 amide bonds. The molecule has 0 aliphatic heterocycles. The highest BCUT2D eigenvalue weighted by Crippen LogP contribution is 2.72. The van der Waals surface area contributed by atoms with E-state index >= 15 is 0 Å². The molecule has 1 nitrogen and oxygen atoms in total. The molecular weight excluding hydrogens is 803 g/mol. The first-order chi connectivity index (χ1) is 13.5. The molecule has 0 fully saturated rings. The van der Waals surface area contributed by atoms with E-state index in [1.807, 2.05) is 19.6 Å². The Hall–Kier alpha value is 5.11. The number of hydrogen-bond acceptors (Lipinski definition) is 1. The highest BCUT2D eigenvalue weighted by molar-refractivity contribution is 6.83. The van der Waals surface area contributed by atoms with Gasteiger partial charge in [-0.1, -0.05) is 197 Å². The molecule has 0 radical (unpaired) electrons. The first-order valence-corrected chi connectivity index (χ1v) is 17.6. The van der Waals surface area contributed by atoms with E-state index in [0.717, 1.165) is 0 Å². The summed E-state index contributed by atoms with van der Waals surface area (Å²) in [5.74, 6) is 0. The molecule has 0 unspecified atom stereocenters. The Bertz CT molecular complexity index is 660. The number of alkyl halides is 17. The van der Waals surface area contributed by atoms with Crippen molar-refractivity contribution in [2.75, 3.05) is 6.61 Å². The number of rotatable bonds is 10. The molecule has 0 spiro atoms. The summed E-state index contributed by atoms with van der Waals surface area (Å²) in [4.78, 5) is 0. The van der Waals surface area contributed by atoms with Crippen molar-refractivity contribution in [3.63, 3.8) is 0 Å². The van der Waals surface area contributed by atoms with Gasteiger partial charge in [0.2, 0.25) is 8.13 Å². The Morgan fingerprint density at radius 1 is 0.469 bits per heavy atom. The van der Waals surface area contributed by atoms with Gasteiger partial charge < -0.3 is 4.43 Å². The molecule has 19 heteroatoms. The second-order valence-corrected chi connectivity index (χ2v) is 23.6. The van der Waals surface area contributed by atoms with Crippen molar-refractivity contribution in [3.8, 4) is 0 Å². The van der Waals surface area contributed by atoms with E-state index in [1.54, 1.807) is 0 Å². The van der Waals surface area contributed by atoms with Gasteiger partial charge in [-0.25, -0.2) is 0 Å². The Kier molecular flexibility index (Phi) is 13.4. The average Bonchev–Trinajstić information content (AvgIpc) is 2.50. The van der Waals surface area contributed by atoms with E-state index in [4.69, 9.17) is 202 Å². The fourth-order valence-electron chi connectivity index (χ4n) is 1.84. The van der Waals surface area contributed by atoms with E-state index in [0.29, 0.717) is 0 Å². The molecular formula is C13H13Cl17OSi. The van der Waals surface area contributed by atoms with Crippen molar-refractivity contribution < 1.29 is 4.43 Å². The molecule has 0 rings (SSSR count). The number of hydrogen-bond donors (Lipinski definition) is 0. The second kappa shape index (κ2) is 11.5. The van der Waals surface area contributed by atoms with Crippen LogP contribution in [0, 0.1) is 0 Å². The lowest BCUT2D eigenvalue weighted by molar-refractivity contribution is 0.289. The van der Waals surface area contributed by atoms with Gasteiger partial charge in [0.15, 0.2) is 34.3 Å². The van der Waals surface area contributed by atoms with E-state index in [-0.39, 0.29) is 13.0 Å². The molecule has 0 saturated heterocycles. The molecule has 0 aliphatic carbocycles. The van der Waals surface area contributed by atoms with E-state index in [9.17, 15) is 0 Å². The zero-order valence-electron chi connectivity index (χ0n) is 15.7. The molecule has 194 valence electrons. The molecule has 0 aromatic carbocycles. The third kappa shape index (κ3) is 7.05. The van der Waals surface area contributed by atoms with Gasteiger partial charge in [0.1, 0.15) is 0 Å². The van der Waals surface area contributed by atoms with Gasteiger partial charge in [0, 0.05) is 13.0 Å². The molecule has 0 bridgehead atoms. The van der Waals surface area contributed by atoms with Crippen LogP contribution in [0.2, 0.25) is 19.6 Å². The molecule has 32 heavy (non-hydrogen) atoms. The molecule has 0 aliphatic rings. The Morgan fingerprint density at radius 3 is 1.03 bits per heavy atom. The predicted molar refractivity (Wildman–Crippen MR) is 155 cm³/mol. The zero-order valence-corrected chi connectivity index (χ0v) is 29.6. The minimum atomic E-state index is -2.96. The van der Waals surface area contributed by atoms with Crippen LogP contribution in [0.25, 0.3) is 0 Å². The largest absolute Gasteiger partial charge is 0.418 e. The fourth-order valence-corrected chi connectivity index (χ4v) is 7.74. The maximum absolute atomic E-state index is 6.39. The lowest BCUT2D eigenvalue weighted by Crippen LogP contribution is -2.70. The van der Waals surface area contributed by atoms with Gasteiger partial charge in [0.05, 0.1) is 0 Å². The smallest absolute Gasteiger partial charge is 0.226 e. The predicted octanol–water partition coefficient (Wildman–Crippen LogP) is 11.8. The van der Waals surface area contributed by atoms with Gasteiger partial charge in [0.25, 0.3) is 0 Å². The summed E-state index contributed by atoms with van der Waals surface area (Å²) >= 11 is 106. The van der Waals surface area contributed by atoms with Crippen molar-refractivity contribution in [3.05, 3.63) is 0 Å². The Labute approximate surface area is 273 Å². The minimum Gasteiger partial charge on any atom is -0.418 e. The maximum Gasteiger partial charge on any atom is 0.226 e. The van der Waals surface area contributed by atoms with Crippen LogP contribution in [0.3, 0.4) is 0 Å². The van der Waals surface area contributed by atoms with Gasteiger partial charge >= 0.3 is 0 Å². The van der Waals surface area contributed by atoms with Crippen LogP contribution in [-0.4, -0.2) is 49.1 Å².